The Bertz CT molecular complexity index is 293. The highest BCUT2D eigenvalue weighted by Gasteiger charge is 2.34. The van der Waals surface area contributed by atoms with Gasteiger partial charge in [-0.15, -0.1) is 0 Å². The third-order valence-corrected chi connectivity index (χ3v) is 2.99. The Morgan fingerprint density at radius 2 is 2.31 bits per heavy atom. The van der Waals surface area contributed by atoms with Crippen LogP contribution in [0, 0.1) is 11.8 Å². The van der Waals surface area contributed by atoms with E-state index in [1.54, 1.807) is 19.1 Å². The molecule has 90 valence electrons. The molecule has 1 rings (SSSR count). The van der Waals surface area contributed by atoms with E-state index in [0.717, 1.165) is 0 Å². The number of carboxylic acid groups (broad SMARTS) is 1. The summed E-state index contributed by atoms with van der Waals surface area (Å²) in [6, 6.07) is 0. The van der Waals surface area contributed by atoms with Crippen LogP contribution in [0.1, 0.15) is 32.6 Å². The second-order valence-corrected chi connectivity index (χ2v) is 4.37. The quantitative estimate of drug-likeness (QED) is 0.694. The standard InChI is InChI=1S/C12H18O4/c1-8(13)3-2-4-10-9(7-12(15)16)5-6-11(10)14/h2-3,8-10,13H,4-7H2,1H3,(H,15,16)/b3-2-/t8-,9-,10-/m1/s1. The van der Waals surface area contributed by atoms with Gasteiger partial charge in [-0.3, -0.25) is 9.59 Å². The normalized spacial score (nSPS) is 27.5. The highest BCUT2D eigenvalue weighted by molar-refractivity contribution is 5.84. The van der Waals surface area contributed by atoms with Crippen LogP contribution in [0.5, 0.6) is 0 Å². The third-order valence-electron chi connectivity index (χ3n) is 2.99. The van der Waals surface area contributed by atoms with Gasteiger partial charge in [0.1, 0.15) is 5.78 Å². The van der Waals surface area contributed by atoms with Crippen molar-refractivity contribution in [3.63, 3.8) is 0 Å². The van der Waals surface area contributed by atoms with Crippen molar-refractivity contribution >= 4 is 11.8 Å². The van der Waals surface area contributed by atoms with Crippen LogP contribution in [0.3, 0.4) is 0 Å². The van der Waals surface area contributed by atoms with Crippen LogP contribution in [0.25, 0.3) is 0 Å². The van der Waals surface area contributed by atoms with Gasteiger partial charge in [0.2, 0.25) is 0 Å². The Balaban J connectivity index is 2.53. The number of ketones is 1. The van der Waals surface area contributed by atoms with Gasteiger partial charge in [0.25, 0.3) is 0 Å². The van der Waals surface area contributed by atoms with Crippen molar-refractivity contribution in [3.8, 4) is 0 Å². The Morgan fingerprint density at radius 1 is 1.62 bits per heavy atom. The van der Waals surface area contributed by atoms with Crippen molar-refractivity contribution in [2.75, 3.05) is 0 Å². The van der Waals surface area contributed by atoms with E-state index in [1.165, 1.54) is 0 Å². The molecule has 0 heterocycles. The molecule has 1 saturated carbocycles. The molecule has 1 aliphatic carbocycles. The van der Waals surface area contributed by atoms with Crippen LogP contribution in [0.4, 0.5) is 0 Å². The van der Waals surface area contributed by atoms with E-state index in [1.807, 2.05) is 0 Å². The Morgan fingerprint density at radius 3 is 2.88 bits per heavy atom. The SMILES string of the molecule is C[C@@H](O)/C=C\C[C@H]1C(=O)CC[C@@H]1CC(=O)O. The van der Waals surface area contributed by atoms with Gasteiger partial charge in [0.05, 0.1) is 6.10 Å². The van der Waals surface area contributed by atoms with Crippen molar-refractivity contribution < 1.29 is 19.8 Å². The largest absolute Gasteiger partial charge is 0.481 e. The zero-order valence-electron chi connectivity index (χ0n) is 9.43. The summed E-state index contributed by atoms with van der Waals surface area (Å²) in [6.45, 7) is 1.64. The average Bonchev–Trinajstić information content (AvgIpc) is 2.48. The molecule has 1 aliphatic rings. The minimum absolute atomic E-state index is 0.0383. The van der Waals surface area contributed by atoms with E-state index in [4.69, 9.17) is 10.2 Å². The van der Waals surface area contributed by atoms with Crippen LogP contribution >= 0.6 is 0 Å². The molecule has 4 heteroatoms. The van der Waals surface area contributed by atoms with Crippen LogP contribution in [0.15, 0.2) is 12.2 Å². The highest BCUT2D eigenvalue weighted by Crippen LogP contribution is 2.33. The molecule has 16 heavy (non-hydrogen) atoms. The maximum atomic E-state index is 11.6. The first kappa shape index (κ1) is 12.9. The van der Waals surface area contributed by atoms with Gasteiger partial charge >= 0.3 is 5.97 Å². The van der Waals surface area contributed by atoms with Gasteiger partial charge in [-0.05, 0) is 25.7 Å². The number of carbonyl (C=O) groups excluding carboxylic acids is 1. The van der Waals surface area contributed by atoms with Crippen LogP contribution in [-0.2, 0) is 9.59 Å². The molecule has 3 atom stereocenters. The van der Waals surface area contributed by atoms with Crippen molar-refractivity contribution in [1.82, 2.24) is 0 Å². The van der Waals surface area contributed by atoms with Gasteiger partial charge in [0.15, 0.2) is 0 Å². The molecule has 0 spiro atoms. The van der Waals surface area contributed by atoms with E-state index in [0.29, 0.717) is 19.3 Å². The van der Waals surface area contributed by atoms with Gasteiger partial charge in [-0.1, -0.05) is 12.2 Å². The number of hydrogen-bond acceptors (Lipinski definition) is 3. The van der Waals surface area contributed by atoms with E-state index in [2.05, 4.69) is 0 Å². The summed E-state index contributed by atoms with van der Waals surface area (Å²) >= 11 is 0. The number of hydrogen-bond donors (Lipinski definition) is 2. The fourth-order valence-electron chi connectivity index (χ4n) is 2.19. The van der Waals surface area contributed by atoms with Gasteiger partial charge in [0, 0.05) is 18.8 Å². The van der Waals surface area contributed by atoms with Gasteiger partial charge in [-0.25, -0.2) is 0 Å². The molecule has 0 amide bonds. The molecular weight excluding hydrogens is 208 g/mol. The lowest BCUT2D eigenvalue weighted by Gasteiger charge is -2.14. The number of aliphatic hydroxyl groups excluding tert-OH is 1. The number of allylic oxidation sites excluding steroid dienone is 1. The fraction of sp³-hybridized carbons (Fsp3) is 0.667. The number of aliphatic carboxylic acids is 1. The second-order valence-electron chi connectivity index (χ2n) is 4.37. The number of carboxylic acids is 1. The Kier molecular flexibility index (Phi) is 4.68. The summed E-state index contributed by atoms with van der Waals surface area (Å²) in [5, 5.41) is 17.8. The minimum atomic E-state index is -0.843. The zero-order valence-corrected chi connectivity index (χ0v) is 9.43. The van der Waals surface area contributed by atoms with Crippen molar-refractivity contribution in [2.45, 2.75) is 38.7 Å². The van der Waals surface area contributed by atoms with Crippen molar-refractivity contribution in [2.24, 2.45) is 11.8 Å². The number of rotatable bonds is 5. The molecule has 0 aromatic carbocycles. The molecule has 0 bridgehead atoms. The zero-order chi connectivity index (χ0) is 12.1. The first-order valence-electron chi connectivity index (χ1n) is 5.60. The summed E-state index contributed by atoms with van der Waals surface area (Å²) in [4.78, 5) is 22.2. The summed E-state index contributed by atoms with van der Waals surface area (Å²) in [5.74, 6) is -0.902. The van der Waals surface area contributed by atoms with Gasteiger partial charge in [-0.2, -0.15) is 0 Å². The molecule has 0 aliphatic heterocycles. The summed E-state index contributed by atoms with van der Waals surface area (Å²) in [5.41, 5.74) is 0. The fourth-order valence-corrected chi connectivity index (χ4v) is 2.19. The van der Waals surface area contributed by atoms with Gasteiger partial charge < -0.3 is 10.2 Å². The lowest BCUT2D eigenvalue weighted by molar-refractivity contribution is -0.138. The summed E-state index contributed by atoms with van der Waals surface area (Å²) in [7, 11) is 0. The predicted molar refractivity (Wildman–Crippen MR) is 58.9 cm³/mol. The van der Waals surface area contributed by atoms with Crippen LogP contribution < -0.4 is 0 Å². The highest BCUT2D eigenvalue weighted by atomic mass is 16.4. The molecule has 0 radical (unpaired) electrons. The Hall–Kier alpha value is -1.16. The molecule has 2 N–H and O–H groups in total. The topological polar surface area (TPSA) is 74.6 Å². The molecule has 0 aromatic heterocycles. The average molecular weight is 226 g/mol. The molecule has 1 fully saturated rings. The monoisotopic (exact) mass is 226 g/mol. The molecule has 4 nitrogen and oxygen atoms in total. The molecule has 0 saturated heterocycles. The third kappa shape index (κ3) is 3.77. The van der Waals surface area contributed by atoms with E-state index >= 15 is 0 Å². The first-order valence-corrected chi connectivity index (χ1v) is 5.60. The van der Waals surface area contributed by atoms with E-state index in [9.17, 15) is 9.59 Å². The summed E-state index contributed by atoms with van der Waals surface area (Å²) in [6.07, 6.45) is 4.66. The smallest absolute Gasteiger partial charge is 0.303 e. The number of Topliss-reactive ketones (excluding diaryl/α,β-unsaturated/α-hetero) is 1. The Labute approximate surface area is 95.0 Å². The van der Waals surface area contributed by atoms with Crippen LogP contribution in [-0.4, -0.2) is 28.1 Å². The number of carbonyl (C=O) groups is 2. The lowest BCUT2D eigenvalue weighted by Crippen LogP contribution is -2.17. The van der Waals surface area contributed by atoms with E-state index in [-0.39, 0.29) is 24.0 Å². The number of aliphatic hydroxyl groups is 1. The predicted octanol–water partition coefficient (Wildman–Crippen LogP) is 1.38. The minimum Gasteiger partial charge on any atom is -0.481 e. The molecule has 0 unspecified atom stereocenters. The second kappa shape index (κ2) is 5.80. The molecular formula is C12H18O4. The first-order chi connectivity index (χ1) is 7.50. The summed E-state index contributed by atoms with van der Waals surface area (Å²) < 4.78 is 0. The van der Waals surface area contributed by atoms with Crippen LogP contribution in [0.2, 0.25) is 0 Å². The maximum absolute atomic E-state index is 11.6. The molecule has 0 aromatic rings. The maximum Gasteiger partial charge on any atom is 0.303 e. The lowest BCUT2D eigenvalue weighted by atomic mass is 9.89. The van der Waals surface area contributed by atoms with E-state index < -0.39 is 12.1 Å². The van der Waals surface area contributed by atoms with Crippen molar-refractivity contribution in [1.29, 1.82) is 0 Å². The van der Waals surface area contributed by atoms with Crippen molar-refractivity contribution in [3.05, 3.63) is 12.2 Å².